The first-order valence-corrected chi connectivity index (χ1v) is 19.3. The second kappa shape index (κ2) is 13.3. The molecule has 0 radical (unpaired) electrons. The van der Waals surface area contributed by atoms with Crippen molar-refractivity contribution in [3.63, 3.8) is 0 Å². The highest BCUT2D eigenvalue weighted by atomic mass is 14.2. The predicted octanol–water partition coefficient (Wildman–Crippen LogP) is 15.6. The lowest BCUT2D eigenvalue weighted by molar-refractivity contribution is 1.27. The maximum atomic E-state index is 2.40. The highest BCUT2D eigenvalue weighted by Gasteiger charge is 2.20. The van der Waals surface area contributed by atoms with Gasteiger partial charge in [-0.25, -0.2) is 0 Å². The molecule has 0 aliphatic heterocycles. The number of rotatable bonds is 5. The van der Waals surface area contributed by atoms with Crippen LogP contribution in [0.15, 0.2) is 188 Å². The van der Waals surface area contributed by atoms with Crippen molar-refractivity contribution in [2.45, 2.75) is 20.8 Å². The monoisotopic (exact) mass is 700 g/mol. The molecule has 0 fully saturated rings. The summed E-state index contributed by atoms with van der Waals surface area (Å²) in [5.41, 5.74) is 16.6. The number of hydrogen-bond donors (Lipinski definition) is 0. The van der Waals surface area contributed by atoms with Crippen LogP contribution in [0.5, 0.6) is 0 Å². The minimum atomic E-state index is 1.22. The summed E-state index contributed by atoms with van der Waals surface area (Å²) in [6, 6.07) is 69.6. The quantitative estimate of drug-likeness (QED) is 0.157. The minimum absolute atomic E-state index is 1.22. The molecular formula is C55H40. The highest BCUT2D eigenvalue weighted by molar-refractivity contribution is 6.23. The van der Waals surface area contributed by atoms with E-state index in [0.29, 0.717) is 0 Å². The largest absolute Gasteiger partial charge is 0.0622 e. The van der Waals surface area contributed by atoms with E-state index < -0.39 is 0 Å². The van der Waals surface area contributed by atoms with Crippen LogP contribution in [0.3, 0.4) is 0 Å². The topological polar surface area (TPSA) is 0 Å². The zero-order chi connectivity index (χ0) is 37.0. The minimum Gasteiger partial charge on any atom is -0.0622 e. The Morgan fingerprint density at radius 3 is 0.964 bits per heavy atom. The van der Waals surface area contributed by atoms with Crippen molar-refractivity contribution in [3.05, 3.63) is 205 Å². The predicted molar refractivity (Wildman–Crippen MR) is 238 cm³/mol. The van der Waals surface area contributed by atoms with Crippen LogP contribution in [0.2, 0.25) is 0 Å². The Hall–Kier alpha value is -6.76. The average Bonchev–Trinajstić information content (AvgIpc) is 3.24. The second-order valence-electron chi connectivity index (χ2n) is 14.9. The molecule has 0 atom stereocenters. The molecule has 0 nitrogen and oxygen atoms in total. The first-order valence-electron chi connectivity index (χ1n) is 19.3. The van der Waals surface area contributed by atoms with Gasteiger partial charge in [-0.15, -0.1) is 0 Å². The van der Waals surface area contributed by atoms with Gasteiger partial charge in [-0.2, -0.15) is 0 Å². The molecule has 10 aromatic carbocycles. The van der Waals surface area contributed by atoms with Gasteiger partial charge in [0.15, 0.2) is 0 Å². The summed E-state index contributed by atoms with van der Waals surface area (Å²) in [7, 11) is 0. The lowest BCUT2D eigenvalue weighted by atomic mass is 9.83. The lowest BCUT2D eigenvalue weighted by Crippen LogP contribution is -1.94. The van der Waals surface area contributed by atoms with Crippen molar-refractivity contribution in [2.24, 2.45) is 0 Å². The van der Waals surface area contributed by atoms with Gasteiger partial charge in [0.05, 0.1) is 0 Å². The van der Waals surface area contributed by atoms with E-state index in [1.807, 2.05) is 0 Å². The van der Waals surface area contributed by atoms with E-state index in [9.17, 15) is 0 Å². The fourth-order valence-electron chi connectivity index (χ4n) is 8.95. The summed E-state index contributed by atoms with van der Waals surface area (Å²) in [4.78, 5) is 0. The Balaban J connectivity index is 1.21. The smallest absolute Gasteiger partial charge is 0.00262 e. The molecule has 10 rings (SSSR count). The molecule has 0 aliphatic carbocycles. The Morgan fingerprint density at radius 1 is 0.218 bits per heavy atom. The molecule has 55 heavy (non-hydrogen) atoms. The molecule has 0 amide bonds. The van der Waals surface area contributed by atoms with E-state index in [1.165, 1.54) is 115 Å². The number of benzene rings is 10. The molecule has 0 saturated heterocycles. The van der Waals surface area contributed by atoms with Gasteiger partial charge in [0.2, 0.25) is 0 Å². The SMILES string of the molecule is Cc1cc(-c2c3ccccc3c(-c3ccc(-c4c5ccccc5c(-c5ccccc5)c5cc(-c6ccccc6)ccc45)cc3)c3ccccc23)cc(C)c1C. The third-order valence-electron chi connectivity index (χ3n) is 11.8. The van der Waals surface area contributed by atoms with Crippen LogP contribution >= 0.6 is 0 Å². The molecule has 0 aromatic heterocycles. The third kappa shape index (κ3) is 5.45. The standard InChI is InChI=1S/C55H40/c1-35-32-43(33-36(2)37(35)3)55-48-24-14-11-21-45(48)52(46-22-12-15-25-49(46)55)40-26-28-41(29-27-40)53-44-20-10-13-23-47(44)54(39-18-8-5-9-19-39)51-34-42(30-31-50(51)53)38-16-6-4-7-17-38/h4-34H,1-3H3. The summed E-state index contributed by atoms with van der Waals surface area (Å²) in [5.74, 6) is 0. The Morgan fingerprint density at radius 2 is 0.527 bits per heavy atom. The van der Waals surface area contributed by atoms with Gasteiger partial charge in [0.1, 0.15) is 0 Å². The fourth-order valence-corrected chi connectivity index (χ4v) is 8.95. The maximum Gasteiger partial charge on any atom is -0.00262 e. The van der Waals surface area contributed by atoms with E-state index in [-0.39, 0.29) is 0 Å². The number of aryl methyl sites for hydroxylation is 2. The van der Waals surface area contributed by atoms with Gasteiger partial charge in [0, 0.05) is 0 Å². The average molecular weight is 701 g/mol. The summed E-state index contributed by atoms with van der Waals surface area (Å²) >= 11 is 0. The number of fused-ring (bicyclic) bond motifs is 4. The van der Waals surface area contributed by atoms with Crippen LogP contribution in [-0.2, 0) is 0 Å². The Kier molecular flexibility index (Phi) is 7.93. The van der Waals surface area contributed by atoms with Crippen molar-refractivity contribution >= 4 is 43.1 Å². The van der Waals surface area contributed by atoms with Gasteiger partial charge in [-0.05, 0) is 142 Å². The zero-order valence-corrected chi connectivity index (χ0v) is 31.4. The summed E-state index contributed by atoms with van der Waals surface area (Å²) in [6.45, 7) is 6.69. The molecule has 0 spiro atoms. The molecule has 260 valence electrons. The number of hydrogen-bond acceptors (Lipinski definition) is 0. The molecule has 0 N–H and O–H groups in total. The van der Waals surface area contributed by atoms with Gasteiger partial charge in [-0.1, -0.05) is 182 Å². The third-order valence-corrected chi connectivity index (χ3v) is 11.8. The van der Waals surface area contributed by atoms with E-state index in [4.69, 9.17) is 0 Å². The van der Waals surface area contributed by atoms with Crippen molar-refractivity contribution in [1.29, 1.82) is 0 Å². The fraction of sp³-hybridized carbons (Fsp3) is 0.0545. The molecule has 0 saturated carbocycles. The molecule has 0 bridgehead atoms. The summed E-state index contributed by atoms with van der Waals surface area (Å²) in [5, 5.41) is 10.2. The molecule has 10 aromatic rings. The van der Waals surface area contributed by atoms with Crippen molar-refractivity contribution in [2.75, 3.05) is 0 Å². The molecule has 0 heteroatoms. The van der Waals surface area contributed by atoms with Gasteiger partial charge < -0.3 is 0 Å². The van der Waals surface area contributed by atoms with Crippen molar-refractivity contribution in [3.8, 4) is 55.6 Å². The van der Waals surface area contributed by atoms with Gasteiger partial charge in [-0.3, -0.25) is 0 Å². The van der Waals surface area contributed by atoms with E-state index in [2.05, 4.69) is 209 Å². The van der Waals surface area contributed by atoms with Crippen molar-refractivity contribution in [1.82, 2.24) is 0 Å². The Labute approximate surface area is 323 Å². The highest BCUT2D eigenvalue weighted by Crippen LogP contribution is 2.47. The zero-order valence-electron chi connectivity index (χ0n) is 31.4. The normalized spacial score (nSPS) is 11.5. The van der Waals surface area contributed by atoms with Crippen LogP contribution in [0.1, 0.15) is 16.7 Å². The lowest BCUT2D eigenvalue weighted by Gasteiger charge is -2.20. The van der Waals surface area contributed by atoms with Crippen molar-refractivity contribution < 1.29 is 0 Å². The van der Waals surface area contributed by atoms with Crippen LogP contribution in [-0.4, -0.2) is 0 Å². The van der Waals surface area contributed by atoms with E-state index >= 15 is 0 Å². The second-order valence-corrected chi connectivity index (χ2v) is 14.9. The first kappa shape index (κ1) is 32.9. The van der Waals surface area contributed by atoms with Crippen LogP contribution in [0.4, 0.5) is 0 Å². The Bertz CT molecular complexity index is 3000. The van der Waals surface area contributed by atoms with Gasteiger partial charge in [0.25, 0.3) is 0 Å². The summed E-state index contributed by atoms with van der Waals surface area (Å²) < 4.78 is 0. The molecular weight excluding hydrogens is 661 g/mol. The van der Waals surface area contributed by atoms with Crippen LogP contribution in [0.25, 0.3) is 98.7 Å². The van der Waals surface area contributed by atoms with Crippen LogP contribution in [0, 0.1) is 20.8 Å². The molecule has 0 heterocycles. The molecule has 0 unspecified atom stereocenters. The first-order chi connectivity index (χ1) is 27.0. The van der Waals surface area contributed by atoms with E-state index in [1.54, 1.807) is 0 Å². The maximum absolute atomic E-state index is 2.40. The van der Waals surface area contributed by atoms with Crippen LogP contribution < -0.4 is 0 Å². The summed E-state index contributed by atoms with van der Waals surface area (Å²) in [6.07, 6.45) is 0. The van der Waals surface area contributed by atoms with E-state index in [0.717, 1.165) is 0 Å². The molecule has 0 aliphatic rings. The van der Waals surface area contributed by atoms with Gasteiger partial charge >= 0.3 is 0 Å².